The highest BCUT2D eigenvalue weighted by Gasteiger charge is 2.34. The van der Waals surface area contributed by atoms with Crippen molar-refractivity contribution in [3.8, 4) is 0 Å². The second kappa shape index (κ2) is 10.4. The Labute approximate surface area is 192 Å². The van der Waals surface area contributed by atoms with Crippen LogP contribution in [0.5, 0.6) is 0 Å². The first-order valence-corrected chi connectivity index (χ1v) is 11.0. The first kappa shape index (κ1) is 24.1. The molecule has 4 rings (SSSR count). The minimum absolute atomic E-state index is 0.0232. The van der Waals surface area contributed by atoms with Crippen LogP contribution in [0.15, 0.2) is 42.6 Å². The molecule has 0 radical (unpaired) electrons. The lowest BCUT2D eigenvalue weighted by atomic mass is 9.81. The van der Waals surface area contributed by atoms with Gasteiger partial charge in [0.1, 0.15) is 0 Å². The van der Waals surface area contributed by atoms with Crippen molar-refractivity contribution in [2.75, 3.05) is 26.7 Å². The summed E-state index contributed by atoms with van der Waals surface area (Å²) in [5.41, 5.74) is 5.24. The van der Waals surface area contributed by atoms with Crippen molar-refractivity contribution in [2.45, 2.75) is 32.4 Å². The number of amides is 2. The number of benzene rings is 1. The average molecular weight is 455 g/mol. The highest BCUT2D eigenvalue weighted by molar-refractivity contribution is 5.98. The van der Waals surface area contributed by atoms with Gasteiger partial charge < -0.3 is 25.4 Å². The number of H-pyrrole nitrogens is 1. The first-order valence-electron chi connectivity index (χ1n) is 11.0. The summed E-state index contributed by atoms with van der Waals surface area (Å²) in [5.74, 6) is -2.51. The number of carboxylic acid groups (broad SMARTS) is 2. The molecule has 2 aliphatic rings. The molecule has 0 saturated carbocycles. The zero-order valence-corrected chi connectivity index (χ0v) is 19.0. The highest BCUT2D eigenvalue weighted by Crippen LogP contribution is 2.39. The number of rotatable bonds is 5. The van der Waals surface area contributed by atoms with Gasteiger partial charge in [-0.2, -0.15) is 0 Å². The highest BCUT2D eigenvalue weighted by atomic mass is 16.4. The molecule has 0 saturated heterocycles. The van der Waals surface area contributed by atoms with Gasteiger partial charge in [0, 0.05) is 54.9 Å². The second-order valence-corrected chi connectivity index (χ2v) is 8.06. The van der Waals surface area contributed by atoms with E-state index in [1.807, 2.05) is 18.7 Å². The summed E-state index contributed by atoms with van der Waals surface area (Å²) in [6.07, 6.45) is 6.56. The fourth-order valence-corrected chi connectivity index (χ4v) is 4.45. The SMILES string of the molecule is CCN(CC)C(=O)N[C@H]1C=C2c3cccc4[nH]cc(c34)C[C@H]2N(C)C1.O=C(O)C=CC(=O)O. The van der Waals surface area contributed by atoms with Crippen LogP contribution in [0, 0.1) is 0 Å². The summed E-state index contributed by atoms with van der Waals surface area (Å²) in [4.78, 5) is 39.2. The van der Waals surface area contributed by atoms with Gasteiger partial charge in [-0.25, -0.2) is 14.4 Å². The molecular weight excluding hydrogens is 424 g/mol. The number of nitrogens with one attached hydrogen (secondary N) is 2. The molecule has 0 unspecified atom stereocenters. The molecule has 0 fully saturated rings. The number of aliphatic carboxylic acids is 2. The molecule has 2 amide bonds. The number of carbonyl (C=O) groups is 3. The Morgan fingerprint density at radius 3 is 2.45 bits per heavy atom. The third kappa shape index (κ3) is 5.43. The van der Waals surface area contributed by atoms with E-state index in [4.69, 9.17) is 10.2 Å². The lowest BCUT2D eigenvalue weighted by Gasteiger charge is -2.40. The van der Waals surface area contributed by atoms with Crippen molar-refractivity contribution in [3.63, 3.8) is 0 Å². The smallest absolute Gasteiger partial charge is 0.328 e. The summed E-state index contributed by atoms with van der Waals surface area (Å²) in [6, 6.07) is 6.90. The van der Waals surface area contributed by atoms with Gasteiger partial charge >= 0.3 is 18.0 Å². The van der Waals surface area contributed by atoms with E-state index in [2.05, 4.69) is 52.7 Å². The van der Waals surface area contributed by atoms with Crippen LogP contribution < -0.4 is 5.32 Å². The fourth-order valence-electron chi connectivity index (χ4n) is 4.45. The molecular formula is C24H30N4O5. The van der Waals surface area contributed by atoms with Crippen LogP contribution in [0.1, 0.15) is 25.0 Å². The number of nitrogens with zero attached hydrogens (tertiary/aromatic N) is 2. The minimum atomic E-state index is -1.26. The molecule has 2 aromatic rings. The van der Waals surface area contributed by atoms with Gasteiger partial charge in [0.25, 0.3) is 0 Å². The standard InChI is InChI=1S/C20H26N4O.C4H4O4/c1-4-24(5-2)20(25)22-14-10-16-15-7-6-8-17-19(15)13(11-21-17)9-18(16)23(3)12-14;5-3(6)1-2-4(7)8/h6-8,10-11,14,18,21H,4-5,9,12H2,1-3H3,(H,22,25);1-2H,(H,5,6)(H,7,8)/t14-,18+;/m0./s1. The van der Waals surface area contributed by atoms with Gasteiger partial charge in [0.15, 0.2) is 0 Å². The molecule has 9 heteroatoms. The average Bonchev–Trinajstić information content (AvgIpc) is 3.19. The monoisotopic (exact) mass is 454 g/mol. The van der Waals surface area contributed by atoms with Crippen molar-refractivity contribution in [1.29, 1.82) is 0 Å². The summed E-state index contributed by atoms with van der Waals surface area (Å²) in [5, 5.41) is 20.2. The fraction of sp³-hybridized carbons (Fsp3) is 0.375. The lowest BCUT2D eigenvalue weighted by Crippen LogP contribution is -2.52. The summed E-state index contributed by atoms with van der Waals surface area (Å²) >= 11 is 0. The zero-order chi connectivity index (χ0) is 24.1. The number of aromatic nitrogens is 1. The Hall–Kier alpha value is -3.59. The van der Waals surface area contributed by atoms with E-state index in [1.54, 1.807) is 0 Å². The molecule has 1 aliphatic heterocycles. The molecule has 0 bridgehead atoms. The number of aromatic amines is 1. The van der Waals surface area contributed by atoms with E-state index in [0.717, 1.165) is 26.1 Å². The van der Waals surface area contributed by atoms with Crippen molar-refractivity contribution in [1.82, 2.24) is 20.1 Å². The number of likely N-dealkylation sites (N-methyl/N-ethyl adjacent to an activating group) is 1. The van der Waals surface area contributed by atoms with Crippen LogP contribution in [-0.2, 0) is 16.0 Å². The third-order valence-electron chi connectivity index (χ3n) is 6.00. The van der Waals surface area contributed by atoms with Crippen LogP contribution in [0.4, 0.5) is 4.79 Å². The van der Waals surface area contributed by atoms with E-state index >= 15 is 0 Å². The van der Waals surface area contributed by atoms with Crippen LogP contribution >= 0.6 is 0 Å². The Bertz CT molecular complexity index is 1080. The molecule has 9 nitrogen and oxygen atoms in total. The Balaban J connectivity index is 0.000000331. The van der Waals surface area contributed by atoms with E-state index in [1.165, 1.54) is 27.6 Å². The number of hydrogen-bond acceptors (Lipinski definition) is 4. The van der Waals surface area contributed by atoms with Gasteiger partial charge in [-0.1, -0.05) is 18.2 Å². The van der Waals surface area contributed by atoms with Crippen molar-refractivity contribution in [2.24, 2.45) is 0 Å². The summed E-state index contributed by atoms with van der Waals surface area (Å²) < 4.78 is 0. The van der Waals surface area contributed by atoms with Crippen LogP contribution in [0.3, 0.4) is 0 Å². The molecule has 1 aliphatic carbocycles. The number of fused-ring (bicyclic) bond motifs is 2. The number of carbonyl (C=O) groups excluding carboxylic acids is 1. The maximum absolute atomic E-state index is 12.4. The van der Waals surface area contributed by atoms with Gasteiger partial charge in [-0.05, 0) is 50.1 Å². The van der Waals surface area contributed by atoms with E-state index in [9.17, 15) is 14.4 Å². The lowest BCUT2D eigenvalue weighted by molar-refractivity contribution is -0.134. The normalized spacial score (nSPS) is 19.3. The van der Waals surface area contributed by atoms with E-state index in [-0.39, 0.29) is 12.1 Å². The molecule has 0 spiro atoms. The van der Waals surface area contributed by atoms with Gasteiger partial charge in [-0.15, -0.1) is 0 Å². The van der Waals surface area contributed by atoms with Gasteiger partial charge in [0.2, 0.25) is 0 Å². The first-order chi connectivity index (χ1) is 15.7. The van der Waals surface area contributed by atoms with Crippen molar-refractivity contribution >= 4 is 34.4 Å². The van der Waals surface area contributed by atoms with Gasteiger partial charge in [0.05, 0.1) is 6.04 Å². The Morgan fingerprint density at radius 1 is 1.18 bits per heavy atom. The molecule has 33 heavy (non-hydrogen) atoms. The van der Waals surface area contributed by atoms with E-state index < -0.39 is 11.9 Å². The predicted octanol–water partition coefficient (Wildman–Crippen LogP) is 2.55. The quantitative estimate of drug-likeness (QED) is 0.515. The number of carboxylic acids is 2. The molecule has 1 aromatic heterocycles. The zero-order valence-electron chi connectivity index (χ0n) is 19.0. The largest absolute Gasteiger partial charge is 0.478 e. The van der Waals surface area contributed by atoms with Crippen LogP contribution in [0.25, 0.3) is 16.5 Å². The Kier molecular flexibility index (Phi) is 7.55. The predicted molar refractivity (Wildman–Crippen MR) is 126 cm³/mol. The minimum Gasteiger partial charge on any atom is -0.478 e. The van der Waals surface area contributed by atoms with E-state index in [0.29, 0.717) is 18.2 Å². The summed E-state index contributed by atoms with van der Waals surface area (Å²) in [7, 11) is 2.16. The molecule has 4 N–H and O–H groups in total. The van der Waals surface area contributed by atoms with Crippen LogP contribution in [0.2, 0.25) is 0 Å². The molecule has 176 valence electrons. The van der Waals surface area contributed by atoms with Crippen molar-refractivity contribution in [3.05, 3.63) is 53.8 Å². The number of urea groups is 1. The molecule has 2 heterocycles. The maximum Gasteiger partial charge on any atom is 0.328 e. The molecule has 1 aromatic carbocycles. The molecule has 2 atom stereocenters. The number of hydrogen-bond donors (Lipinski definition) is 4. The van der Waals surface area contributed by atoms with Crippen LogP contribution in [-0.4, -0.2) is 81.7 Å². The summed E-state index contributed by atoms with van der Waals surface area (Å²) in [6.45, 7) is 6.34. The second-order valence-electron chi connectivity index (χ2n) is 8.06. The van der Waals surface area contributed by atoms with Gasteiger partial charge in [-0.3, -0.25) is 4.90 Å². The topological polar surface area (TPSA) is 126 Å². The Morgan fingerprint density at radius 2 is 1.85 bits per heavy atom. The third-order valence-corrected chi connectivity index (χ3v) is 6.00. The van der Waals surface area contributed by atoms with Crippen molar-refractivity contribution < 1.29 is 24.6 Å². The maximum atomic E-state index is 12.4.